The molecule has 3 aliphatic carbocycles. The third-order valence-corrected chi connectivity index (χ3v) is 9.31. The first-order valence-electron chi connectivity index (χ1n) is 14.1. The van der Waals surface area contributed by atoms with Crippen LogP contribution in [0.4, 0.5) is 5.69 Å². The molecule has 2 amide bonds. The summed E-state index contributed by atoms with van der Waals surface area (Å²) in [6.45, 7) is 3.69. The number of ketones is 2. The Morgan fingerprint density at radius 3 is 2.54 bits per heavy atom. The molecule has 0 radical (unpaired) electrons. The van der Waals surface area contributed by atoms with Crippen molar-refractivity contribution in [3.63, 3.8) is 0 Å². The number of benzene rings is 2. The normalized spacial score (nSPS) is 26.9. The minimum atomic E-state index is -0.625. The first kappa shape index (κ1) is 25.4. The topological polar surface area (TPSA) is 101 Å². The van der Waals surface area contributed by atoms with Gasteiger partial charge in [0.05, 0.1) is 23.8 Å². The zero-order chi connectivity index (χ0) is 28.6. The number of hydrogen-bond donors (Lipinski definition) is 1. The molecule has 0 bridgehead atoms. The maximum atomic E-state index is 14.0. The standard InChI is InChI=1S/C34H29NO6/c1-3-18-4-6-21(7-5-18)35-33(39)24-10-9-23-25(30(24)34(35)40)15-26-31(27(37)12-17(2)32(26)38)29(23)20-13-19-14-22(36)8-11-28(19)41-16-20/h4-9,11-12,14,16,24-25,29-30,36H,3,10,13,15H2,1-2H3/t24-,25+,29-,30-/m0/s1. The van der Waals surface area contributed by atoms with E-state index in [1.54, 1.807) is 31.4 Å². The fourth-order valence-electron chi connectivity index (χ4n) is 7.33. The molecule has 2 heterocycles. The second kappa shape index (κ2) is 9.26. The van der Waals surface area contributed by atoms with Crippen molar-refractivity contribution in [1.29, 1.82) is 0 Å². The fraction of sp³-hybridized carbons (Fsp3) is 0.294. The second-order valence-corrected chi connectivity index (χ2v) is 11.5. The Labute approximate surface area is 237 Å². The zero-order valence-corrected chi connectivity index (χ0v) is 22.8. The number of Topliss-reactive ketones (excluding diaryl/α,β-unsaturated/α-hetero) is 1. The number of amides is 2. The molecular weight excluding hydrogens is 518 g/mol. The number of nitrogens with zero attached hydrogens (tertiary/aromatic N) is 1. The number of carbonyl (C=O) groups is 4. The molecule has 0 unspecified atom stereocenters. The van der Waals surface area contributed by atoms with Crippen LogP contribution in [-0.4, -0.2) is 28.5 Å². The molecular formula is C34H29NO6. The summed E-state index contributed by atoms with van der Waals surface area (Å²) in [5, 5.41) is 10.1. The fourth-order valence-corrected chi connectivity index (χ4v) is 7.33. The van der Waals surface area contributed by atoms with Crippen LogP contribution in [0, 0.1) is 23.7 Å². The quantitative estimate of drug-likeness (QED) is 0.332. The molecule has 1 fully saturated rings. The summed E-state index contributed by atoms with van der Waals surface area (Å²) in [4.78, 5) is 56.0. The highest BCUT2D eigenvalue weighted by atomic mass is 16.5. The van der Waals surface area contributed by atoms with E-state index in [-0.39, 0.29) is 35.6 Å². The summed E-state index contributed by atoms with van der Waals surface area (Å²) in [7, 11) is 0. The number of phenols is 1. The van der Waals surface area contributed by atoms with Gasteiger partial charge in [-0.1, -0.05) is 30.7 Å². The van der Waals surface area contributed by atoms with Gasteiger partial charge in [-0.05, 0) is 79.6 Å². The minimum Gasteiger partial charge on any atom is -0.508 e. The van der Waals surface area contributed by atoms with Gasteiger partial charge in [-0.2, -0.15) is 0 Å². The first-order chi connectivity index (χ1) is 19.8. The lowest BCUT2D eigenvalue weighted by atomic mass is 9.58. The van der Waals surface area contributed by atoms with Crippen LogP contribution in [0.1, 0.15) is 37.8 Å². The van der Waals surface area contributed by atoms with E-state index in [2.05, 4.69) is 0 Å². The first-order valence-corrected chi connectivity index (χ1v) is 14.1. The Bertz CT molecular complexity index is 1690. The molecule has 206 valence electrons. The summed E-state index contributed by atoms with van der Waals surface area (Å²) in [5.74, 6) is -2.25. The van der Waals surface area contributed by atoms with Crippen molar-refractivity contribution < 1.29 is 29.0 Å². The third-order valence-electron chi connectivity index (χ3n) is 9.31. The van der Waals surface area contributed by atoms with Crippen LogP contribution in [0.15, 0.2) is 88.7 Å². The Morgan fingerprint density at radius 2 is 1.78 bits per heavy atom. The number of hydrogen-bond acceptors (Lipinski definition) is 6. The molecule has 1 N–H and O–H groups in total. The molecule has 0 saturated carbocycles. The molecule has 4 atom stereocenters. The van der Waals surface area contributed by atoms with Gasteiger partial charge < -0.3 is 9.84 Å². The van der Waals surface area contributed by atoms with Gasteiger partial charge in [-0.3, -0.25) is 24.1 Å². The molecule has 7 rings (SSSR count). The molecule has 7 heteroatoms. The van der Waals surface area contributed by atoms with Crippen molar-refractivity contribution in [2.75, 3.05) is 4.90 Å². The van der Waals surface area contributed by atoms with E-state index in [1.807, 2.05) is 37.3 Å². The maximum absolute atomic E-state index is 14.0. The van der Waals surface area contributed by atoms with Gasteiger partial charge in [0.2, 0.25) is 11.8 Å². The summed E-state index contributed by atoms with van der Waals surface area (Å²) < 4.78 is 5.94. The number of aryl methyl sites for hydroxylation is 1. The Balaban J connectivity index is 1.32. The SMILES string of the molecule is CCc1ccc(N2C(=O)[C@H]3[C@H](CC=C4[C@H](C5=COc6ccc(O)cc6C5)C5=C(C[C@H]43)C(=O)C(C)=CC5=O)C2=O)cc1. The summed E-state index contributed by atoms with van der Waals surface area (Å²) >= 11 is 0. The van der Waals surface area contributed by atoms with Crippen LogP contribution in [0.5, 0.6) is 11.5 Å². The number of ether oxygens (including phenoxy) is 1. The molecule has 1 saturated heterocycles. The van der Waals surface area contributed by atoms with Crippen molar-refractivity contribution in [3.8, 4) is 11.5 Å². The number of fused-ring (bicyclic) bond motifs is 4. The smallest absolute Gasteiger partial charge is 0.238 e. The lowest BCUT2D eigenvalue weighted by molar-refractivity contribution is -0.123. The molecule has 2 aromatic rings. The average Bonchev–Trinajstić information content (AvgIpc) is 3.24. The van der Waals surface area contributed by atoms with E-state index >= 15 is 0 Å². The number of carbonyl (C=O) groups excluding carboxylic acids is 4. The van der Waals surface area contributed by atoms with E-state index in [0.717, 1.165) is 28.7 Å². The number of anilines is 1. The van der Waals surface area contributed by atoms with Gasteiger partial charge in [0, 0.05) is 34.6 Å². The molecule has 5 aliphatic rings. The number of imide groups is 1. The molecule has 0 spiro atoms. The summed E-state index contributed by atoms with van der Waals surface area (Å²) in [5.41, 5.74) is 5.36. The predicted molar refractivity (Wildman–Crippen MR) is 151 cm³/mol. The Morgan fingerprint density at radius 1 is 1.00 bits per heavy atom. The maximum Gasteiger partial charge on any atom is 0.238 e. The van der Waals surface area contributed by atoms with Crippen LogP contribution < -0.4 is 9.64 Å². The lowest BCUT2D eigenvalue weighted by Gasteiger charge is -2.43. The number of phenolic OH excluding ortho intramolecular Hbond substituents is 1. The van der Waals surface area contributed by atoms with Crippen LogP contribution in [0.25, 0.3) is 0 Å². The van der Waals surface area contributed by atoms with Crippen molar-refractivity contribution in [1.82, 2.24) is 0 Å². The summed E-state index contributed by atoms with van der Waals surface area (Å²) in [6.07, 6.45) is 6.93. The molecule has 0 aromatic heterocycles. The van der Waals surface area contributed by atoms with E-state index < -0.39 is 23.7 Å². The Kier molecular flexibility index (Phi) is 5.75. The molecule has 7 nitrogen and oxygen atoms in total. The minimum absolute atomic E-state index is 0.111. The highest BCUT2D eigenvalue weighted by molar-refractivity contribution is 6.24. The van der Waals surface area contributed by atoms with Crippen molar-refractivity contribution in [2.24, 2.45) is 23.7 Å². The molecule has 2 aromatic carbocycles. The zero-order valence-electron chi connectivity index (χ0n) is 22.8. The Hall–Kier alpha value is -4.52. The highest BCUT2D eigenvalue weighted by Gasteiger charge is 2.57. The summed E-state index contributed by atoms with van der Waals surface area (Å²) in [6, 6.07) is 12.4. The van der Waals surface area contributed by atoms with Gasteiger partial charge in [-0.15, -0.1) is 0 Å². The van der Waals surface area contributed by atoms with E-state index in [1.165, 1.54) is 11.0 Å². The van der Waals surface area contributed by atoms with Crippen LogP contribution in [0.2, 0.25) is 0 Å². The van der Waals surface area contributed by atoms with E-state index in [0.29, 0.717) is 41.0 Å². The number of aromatic hydroxyl groups is 1. The van der Waals surface area contributed by atoms with Crippen molar-refractivity contribution in [3.05, 3.63) is 99.9 Å². The van der Waals surface area contributed by atoms with E-state index in [9.17, 15) is 24.3 Å². The number of allylic oxidation sites excluding steroid dienone is 7. The van der Waals surface area contributed by atoms with Crippen LogP contribution >= 0.6 is 0 Å². The van der Waals surface area contributed by atoms with Gasteiger partial charge in [0.15, 0.2) is 11.6 Å². The van der Waals surface area contributed by atoms with Gasteiger partial charge >= 0.3 is 0 Å². The predicted octanol–water partition coefficient (Wildman–Crippen LogP) is 4.94. The largest absolute Gasteiger partial charge is 0.508 e. The number of rotatable bonds is 3. The molecule has 2 aliphatic heterocycles. The average molecular weight is 548 g/mol. The second-order valence-electron chi connectivity index (χ2n) is 11.5. The van der Waals surface area contributed by atoms with Gasteiger partial charge in [-0.25, -0.2) is 0 Å². The van der Waals surface area contributed by atoms with Gasteiger partial charge in [0.1, 0.15) is 11.5 Å². The lowest BCUT2D eigenvalue weighted by Crippen LogP contribution is -2.41. The third kappa shape index (κ3) is 3.79. The molecule has 41 heavy (non-hydrogen) atoms. The monoisotopic (exact) mass is 547 g/mol. The van der Waals surface area contributed by atoms with Crippen molar-refractivity contribution in [2.45, 2.75) is 39.5 Å². The van der Waals surface area contributed by atoms with Crippen LogP contribution in [0.3, 0.4) is 0 Å². The van der Waals surface area contributed by atoms with Gasteiger partial charge in [0.25, 0.3) is 0 Å². The van der Waals surface area contributed by atoms with Crippen molar-refractivity contribution >= 4 is 29.1 Å². The van der Waals surface area contributed by atoms with E-state index in [4.69, 9.17) is 4.74 Å². The van der Waals surface area contributed by atoms with Crippen LogP contribution in [-0.2, 0) is 32.0 Å². The highest BCUT2D eigenvalue weighted by Crippen LogP contribution is 2.55.